The van der Waals surface area contributed by atoms with Gasteiger partial charge in [0.25, 0.3) is 5.91 Å². The first-order valence-corrected chi connectivity index (χ1v) is 9.05. The van der Waals surface area contributed by atoms with E-state index in [4.69, 9.17) is 17.0 Å². The summed E-state index contributed by atoms with van der Waals surface area (Å²) in [6.07, 6.45) is 0.948. The predicted octanol–water partition coefficient (Wildman–Crippen LogP) is 3.95. The molecule has 6 nitrogen and oxygen atoms in total. The van der Waals surface area contributed by atoms with Crippen molar-refractivity contribution in [3.8, 4) is 5.75 Å². The summed E-state index contributed by atoms with van der Waals surface area (Å²) in [6, 6.07) is 14.0. The zero-order chi connectivity index (χ0) is 19.8. The van der Waals surface area contributed by atoms with E-state index < -0.39 is 0 Å². The lowest BCUT2D eigenvalue weighted by Crippen LogP contribution is -2.34. The maximum absolute atomic E-state index is 12.4. The molecule has 0 aliphatic carbocycles. The summed E-state index contributed by atoms with van der Waals surface area (Å²) >= 11 is 5.20. The summed E-state index contributed by atoms with van der Waals surface area (Å²) in [6.45, 7) is 5.44. The maximum Gasteiger partial charge on any atom is 0.257 e. The number of thiocarbonyl (C=S) groups is 1. The van der Waals surface area contributed by atoms with Crippen molar-refractivity contribution in [2.75, 3.05) is 10.6 Å². The Bertz CT molecular complexity index is 839. The van der Waals surface area contributed by atoms with Gasteiger partial charge in [0.05, 0.1) is 6.10 Å². The van der Waals surface area contributed by atoms with Crippen molar-refractivity contribution in [1.29, 1.82) is 0 Å². The number of carbonyl (C=O) groups excluding carboxylic acids is 2. The summed E-state index contributed by atoms with van der Waals surface area (Å²) in [5.74, 6) is 0.140. The molecule has 142 valence electrons. The van der Waals surface area contributed by atoms with E-state index in [9.17, 15) is 9.59 Å². The van der Waals surface area contributed by atoms with E-state index in [1.165, 1.54) is 6.92 Å². The highest BCUT2D eigenvalue weighted by atomic mass is 32.1. The van der Waals surface area contributed by atoms with Crippen molar-refractivity contribution < 1.29 is 14.3 Å². The topological polar surface area (TPSA) is 79.5 Å². The molecule has 2 rings (SSSR count). The van der Waals surface area contributed by atoms with Crippen LogP contribution in [-0.2, 0) is 4.79 Å². The maximum atomic E-state index is 12.4. The molecule has 2 aromatic rings. The number of nitrogens with one attached hydrogen (secondary N) is 3. The second-order valence-corrected chi connectivity index (χ2v) is 6.44. The monoisotopic (exact) mass is 385 g/mol. The van der Waals surface area contributed by atoms with Crippen molar-refractivity contribution in [1.82, 2.24) is 5.32 Å². The molecular weight excluding hydrogens is 362 g/mol. The molecule has 3 N–H and O–H groups in total. The second kappa shape index (κ2) is 9.68. The Morgan fingerprint density at radius 1 is 1.07 bits per heavy atom. The van der Waals surface area contributed by atoms with Gasteiger partial charge in [0.15, 0.2) is 5.11 Å². The molecule has 0 fully saturated rings. The van der Waals surface area contributed by atoms with Gasteiger partial charge in [-0.15, -0.1) is 0 Å². The minimum Gasteiger partial charge on any atom is -0.491 e. The Labute approximate surface area is 164 Å². The smallest absolute Gasteiger partial charge is 0.257 e. The van der Waals surface area contributed by atoms with Crippen molar-refractivity contribution >= 4 is 40.5 Å². The zero-order valence-electron chi connectivity index (χ0n) is 15.5. The largest absolute Gasteiger partial charge is 0.491 e. The van der Waals surface area contributed by atoms with Crippen LogP contribution in [0, 0.1) is 0 Å². The number of carbonyl (C=O) groups is 2. The molecular formula is C20H23N3O3S. The summed E-state index contributed by atoms with van der Waals surface area (Å²) in [5.41, 5.74) is 1.74. The van der Waals surface area contributed by atoms with Crippen LogP contribution in [0.3, 0.4) is 0 Å². The summed E-state index contributed by atoms with van der Waals surface area (Å²) in [5, 5.41) is 8.42. The van der Waals surface area contributed by atoms with E-state index in [-0.39, 0.29) is 23.0 Å². The quantitative estimate of drug-likeness (QED) is 0.656. The van der Waals surface area contributed by atoms with Gasteiger partial charge >= 0.3 is 0 Å². The number of anilines is 2. The summed E-state index contributed by atoms with van der Waals surface area (Å²) in [4.78, 5) is 23.6. The molecule has 0 spiro atoms. The Kier molecular flexibility index (Phi) is 7.31. The van der Waals surface area contributed by atoms with Gasteiger partial charge in [0, 0.05) is 23.9 Å². The lowest BCUT2D eigenvalue weighted by Gasteiger charge is -2.14. The summed E-state index contributed by atoms with van der Waals surface area (Å²) < 4.78 is 5.74. The molecule has 0 heterocycles. The van der Waals surface area contributed by atoms with Crippen LogP contribution in [0.4, 0.5) is 11.4 Å². The molecule has 1 atom stereocenters. The number of amides is 2. The Morgan fingerprint density at radius 3 is 2.41 bits per heavy atom. The first kappa shape index (κ1) is 20.4. The fraction of sp³-hybridized carbons (Fsp3) is 0.250. The highest BCUT2D eigenvalue weighted by Crippen LogP contribution is 2.17. The molecule has 0 aromatic heterocycles. The third-order valence-electron chi connectivity index (χ3n) is 3.68. The van der Waals surface area contributed by atoms with E-state index in [2.05, 4.69) is 16.0 Å². The number of ether oxygens (including phenoxy) is 1. The average Bonchev–Trinajstić information content (AvgIpc) is 2.61. The molecule has 2 aromatic carbocycles. The van der Waals surface area contributed by atoms with Crippen molar-refractivity contribution in [3.05, 3.63) is 54.1 Å². The highest BCUT2D eigenvalue weighted by molar-refractivity contribution is 7.80. The molecule has 7 heteroatoms. The van der Waals surface area contributed by atoms with Crippen LogP contribution in [0.15, 0.2) is 48.5 Å². The van der Waals surface area contributed by atoms with Gasteiger partial charge in [0.2, 0.25) is 5.91 Å². The molecule has 1 unspecified atom stereocenters. The molecule has 0 aliphatic rings. The van der Waals surface area contributed by atoms with Crippen molar-refractivity contribution in [2.24, 2.45) is 0 Å². The predicted molar refractivity (Wildman–Crippen MR) is 111 cm³/mol. The van der Waals surface area contributed by atoms with Crippen LogP contribution in [0.1, 0.15) is 37.6 Å². The van der Waals surface area contributed by atoms with Gasteiger partial charge in [-0.05, 0) is 62.0 Å². The molecule has 0 aliphatic heterocycles. The minimum atomic E-state index is -0.333. The van der Waals surface area contributed by atoms with E-state index >= 15 is 0 Å². The van der Waals surface area contributed by atoms with Gasteiger partial charge in [-0.2, -0.15) is 0 Å². The molecule has 0 saturated heterocycles. The van der Waals surface area contributed by atoms with Gasteiger partial charge in [-0.3, -0.25) is 14.9 Å². The van der Waals surface area contributed by atoms with Gasteiger partial charge in [-0.1, -0.05) is 19.1 Å². The number of hydrogen-bond acceptors (Lipinski definition) is 4. The van der Waals surface area contributed by atoms with E-state index in [1.54, 1.807) is 42.5 Å². The van der Waals surface area contributed by atoms with E-state index in [1.807, 2.05) is 19.9 Å². The van der Waals surface area contributed by atoms with Crippen LogP contribution in [-0.4, -0.2) is 23.0 Å². The molecule has 27 heavy (non-hydrogen) atoms. The van der Waals surface area contributed by atoms with E-state index in [0.717, 1.165) is 6.42 Å². The summed E-state index contributed by atoms with van der Waals surface area (Å²) in [7, 11) is 0. The van der Waals surface area contributed by atoms with Crippen LogP contribution in [0.2, 0.25) is 0 Å². The normalized spacial score (nSPS) is 11.2. The van der Waals surface area contributed by atoms with Crippen LogP contribution < -0.4 is 20.7 Å². The molecule has 2 amide bonds. The van der Waals surface area contributed by atoms with Gasteiger partial charge in [-0.25, -0.2) is 0 Å². The fourth-order valence-corrected chi connectivity index (χ4v) is 2.45. The fourth-order valence-electron chi connectivity index (χ4n) is 2.24. The average molecular weight is 385 g/mol. The minimum absolute atomic E-state index is 0.0712. The first-order valence-electron chi connectivity index (χ1n) is 8.64. The molecule has 0 saturated carbocycles. The second-order valence-electron chi connectivity index (χ2n) is 6.03. The molecule has 0 radical (unpaired) electrons. The highest BCUT2D eigenvalue weighted by Gasteiger charge is 2.10. The van der Waals surface area contributed by atoms with E-state index in [0.29, 0.717) is 22.7 Å². The van der Waals surface area contributed by atoms with Gasteiger partial charge in [0.1, 0.15) is 5.75 Å². The third kappa shape index (κ3) is 6.71. The molecule has 0 bridgehead atoms. The third-order valence-corrected chi connectivity index (χ3v) is 3.88. The number of hydrogen-bond donors (Lipinski definition) is 3. The van der Waals surface area contributed by atoms with Crippen LogP contribution in [0.25, 0.3) is 0 Å². The number of benzene rings is 2. The van der Waals surface area contributed by atoms with Crippen molar-refractivity contribution in [2.45, 2.75) is 33.3 Å². The Hall–Kier alpha value is -2.93. The zero-order valence-corrected chi connectivity index (χ0v) is 16.4. The van der Waals surface area contributed by atoms with Crippen molar-refractivity contribution in [3.63, 3.8) is 0 Å². The SMILES string of the molecule is CCC(C)Oc1cccc(C(=O)NC(=S)Nc2cccc(NC(C)=O)c2)c1. The number of rotatable bonds is 6. The Morgan fingerprint density at radius 2 is 1.74 bits per heavy atom. The lowest BCUT2D eigenvalue weighted by atomic mass is 10.2. The van der Waals surface area contributed by atoms with Gasteiger partial charge < -0.3 is 15.4 Å². The van der Waals surface area contributed by atoms with Crippen LogP contribution >= 0.6 is 12.2 Å². The standard InChI is InChI=1S/C20H23N3O3S/c1-4-13(2)26-18-10-5-7-15(11-18)19(25)23-20(27)22-17-9-6-8-16(12-17)21-14(3)24/h5-13H,4H2,1-3H3,(H,21,24)(H2,22,23,25,27). The first-order chi connectivity index (χ1) is 12.9. The Balaban J connectivity index is 1.98. The lowest BCUT2D eigenvalue weighted by molar-refractivity contribution is -0.114. The van der Waals surface area contributed by atoms with Crippen LogP contribution in [0.5, 0.6) is 5.75 Å².